The first kappa shape index (κ1) is 14.2. The van der Waals surface area contributed by atoms with Gasteiger partial charge in [-0.1, -0.05) is 22.0 Å². The fourth-order valence-corrected chi connectivity index (χ4v) is 2.18. The molecule has 0 saturated heterocycles. The van der Waals surface area contributed by atoms with Crippen molar-refractivity contribution in [3.05, 3.63) is 52.8 Å². The predicted molar refractivity (Wildman–Crippen MR) is 77.3 cm³/mol. The maximum Gasteiger partial charge on any atom is 0.128 e. The highest BCUT2D eigenvalue weighted by molar-refractivity contribution is 9.10. The van der Waals surface area contributed by atoms with Gasteiger partial charge in [0.05, 0.1) is 6.33 Å². The average molecular weight is 326 g/mol. The lowest BCUT2D eigenvalue weighted by atomic mass is 10.2. The molecule has 2 aromatic rings. The van der Waals surface area contributed by atoms with Gasteiger partial charge >= 0.3 is 0 Å². The van der Waals surface area contributed by atoms with Crippen LogP contribution in [0.5, 0.6) is 0 Å². The molecule has 0 saturated carbocycles. The lowest BCUT2D eigenvalue weighted by Crippen LogP contribution is -2.16. The van der Waals surface area contributed by atoms with E-state index in [1.807, 2.05) is 18.6 Å². The molecule has 1 heterocycles. The van der Waals surface area contributed by atoms with E-state index in [0.29, 0.717) is 12.1 Å². The van der Waals surface area contributed by atoms with Crippen molar-refractivity contribution in [1.82, 2.24) is 14.9 Å². The van der Waals surface area contributed by atoms with Gasteiger partial charge in [0.1, 0.15) is 5.82 Å². The number of rotatable bonds is 7. The van der Waals surface area contributed by atoms with Crippen LogP contribution in [0.1, 0.15) is 18.4 Å². The third-order valence-corrected chi connectivity index (χ3v) is 3.40. The molecule has 0 bridgehead atoms. The molecule has 1 aromatic heterocycles. The molecule has 102 valence electrons. The lowest BCUT2D eigenvalue weighted by molar-refractivity contribution is 0.552. The Morgan fingerprint density at radius 2 is 2.21 bits per heavy atom. The third kappa shape index (κ3) is 4.76. The number of hydrogen-bond acceptors (Lipinski definition) is 2. The van der Waals surface area contributed by atoms with E-state index in [1.165, 1.54) is 6.07 Å². The largest absolute Gasteiger partial charge is 0.337 e. The molecule has 0 amide bonds. The van der Waals surface area contributed by atoms with Gasteiger partial charge in [0.25, 0.3) is 0 Å². The van der Waals surface area contributed by atoms with Crippen LogP contribution >= 0.6 is 15.9 Å². The van der Waals surface area contributed by atoms with E-state index in [9.17, 15) is 4.39 Å². The first-order chi connectivity index (χ1) is 9.25. The minimum Gasteiger partial charge on any atom is -0.337 e. The van der Waals surface area contributed by atoms with Gasteiger partial charge in [0.2, 0.25) is 0 Å². The van der Waals surface area contributed by atoms with Crippen LogP contribution < -0.4 is 5.32 Å². The highest BCUT2D eigenvalue weighted by atomic mass is 79.9. The Balaban J connectivity index is 1.61. The molecular formula is C14H17BrFN3. The Bertz CT molecular complexity index is 499. The van der Waals surface area contributed by atoms with E-state index in [0.717, 1.165) is 30.4 Å². The second-order valence-corrected chi connectivity index (χ2v) is 5.34. The predicted octanol–water partition coefficient (Wildman–Crippen LogP) is 3.35. The number of unbranched alkanes of at least 4 members (excludes halogenated alkanes) is 1. The summed E-state index contributed by atoms with van der Waals surface area (Å²) < 4.78 is 16.4. The van der Waals surface area contributed by atoms with E-state index in [1.54, 1.807) is 12.3 Å². The first-order valence-electron chi connectivity index (χ1n) is 6.36. The second kappa shape index (κ2) is 7.40. The summed E-state index contributed by atoms with van der Waals surface area (Å²) in [6.45, 7) is 2.45. The van der Waals surface area contributed by atoms with Crippen LogP contribution in [0.2, 0.25) is 0 Å². The SMILES string of the molecule is Fc1cc(Br)ccc1CNCCCCn1ccnc1. The number of imidazole rings is 1. The van der Waals surface area contributed by atoms with Crippen molar-refractivity contribution in [2.75, 3.05) is 6.54 Å². The molecule has 2 rings (SSSR count). The zero-order valence-electron chi connectivity index (χ0n) is 10.6. The van der Waals surface area contributed by atoms with Gasteiger partial charge in [-0.3, -0.25) is 0 Å². The maximum atomic E-state index is 13.5. The van der Waals surface area contributed by atoms with Crippen LogP contribution in [-0.4, -0.2) is 16.1 Å². The molecule has 0 aliphatic rings. The molecule has 0 aliphatic carbocycles. The highest BCUT2D eigenvalue weighted by Crippen LogP contribution is 2.14. The van der Waals surface area contributed by atoms with Crippen molar-refractivity contribution in [2.45, 2.75) is 25.9 Å². The monoisotopic (exact) mass is 325 g/mol. The van der Waals surface area contributed by atoms with E-state index in [-0.39, 0.29) is 5.82 Å². The minimum atomic E-state index is -0.166. The Labute approximate surface area is 121 Å². The Morgan fingerprint density at radius 1 is 1.32 bits per heavy atom. The van der Waals surface area contributed by atoms with Crippen LogP contribution in [0.15, 0.2) is 41.4 Å². The molecule has 19 heavy (non-hydrogen) atoms. The first-order valence-corrected chi connectivity index (χ1v) is 7.15. The standard InChI is InChI=1S/C14H17BrFN3/c15-13-4-3-12(14(16)9-13)10-17-5-1-2-7-19-8-6-18-11-19/h3-4,6,8-9,11,17H,1-2,5,7,10H2. The molecule has 0 atom stereocenters. The smallest absolute Gasteiger partial charge is 0.128 e. The van der Waals surface area contributed by atoms with E-state index in [2.05, 4.69) is 30.8 Å². The molecule has 5 heteroatoms. The van der Waals surface area contributed by atoms with E-state index >= 15 is 0 Å². The minimum absolute atomic E-state index is 0.166. The normalized spacial score (nSPS) is 10.8. The molecule has 0 unspecified atom stereocenters. The summed E-state index contributed by atoms with van der Waals surface area (Å²) in [6, 6.07) is 5.16. The van der Waals surface area contributed by atoms with Crippen LogP contribution in [-0.2, 0) is 13.1 Å². The Morgan fingerprint density at radius 3 is 2.95 bits per heavy atom. The number of hydrogen-bond donors (Lipinski definition) is 1. The van der Waals surface area contributed by atoms with Gasteiger partial charge in [-0.05, 0) is 31.5 Å². The maximum absolute atomic E-state index is 13.5. The number of nitrogens with zero attached hydrogens (tertiary/aromatic N) is 2. The van der Waals surface area contributed by atoms with E-state index in [4.69, 9.17) is 0 Å². The third-order valence-electron chi connectivity index (χ3n) is 2.91. The summed E-state index contributed by atoms with van der Waals surface area (Å²) in [5.74, 6) is -0.166. The summed E-state index contributed by atoms with van der Waals surface area (Å²) in [7, 11) is 0. The molecule has 0 fully saturated rings. The van der Waals surface area contributed by atoms with Gasteiger partial charge < -0.3 is 9.88 Å². The molecule has 3 nitrogen and oxygen atoms in total. The fourth-order valence-electron chi connectivity index (χ4n) is 1.85. The molecule has 0 aliphatic heterocycles. The van der Waals surface area contributed by atoms with Gasteiger partial charge in [-0.2, -0.15) is 0 Å². The van der Waals surface area contributed by atoms with E-state index < -0.39 is 0 Å². The summed E-state index contributed by atoms with van der Waals surface area (Å²) in [5.41, 5.74) is 0.706. The number of benzene rings is 1. The summed E-state index contributed by atoms with van der Waals surface area (Å²) in [5, 5.41) is 3.26. The van der Waals surface area contributed by atoms with Gasteiger partial charge in [0.15, 0.2) is 0 Å². The molecule has 0 radical (unpaired) electrons. The van der Waals surface area contributed by atoms with Crippen molar-refractivity contribution in [3.63, 3.8) is 0 Å². The summed E-state index contributed by atoms with van der Waals surface area (Å²) in [4.78, 5) is 4.00. The summed E-state index contributed by atoms with van der Waals surface area (Å²) >= 11 is 3.25. The summed E-state index contributed by atoms with van der Waals surface area (Å²) in [6.07, 6.45) is 7.73. The second-order valence-electron chi connectivity index (χ2n) is 4.42. The van der Waals surface area contributed by atoms with Crippen LogP contribution in [0, 0.1) is 5.82 Å². The molecular weight excluding hydrogens is 309 g/mol. The average Bonchev–Trinajstić information content (AvgIpc) is 2.89. The van der Waals surface area contributed by atoms with Crippen molar-refractivity contribution in [3.8, 4) is 0 Å². The molecule has 1 N–H and O–H groups in total. The van der Waals surface area contributed by atoms with Crippen LogP contribution in [0.4, 0.5) is 4.39 Å². The fraction of sp³-hybridized carbons (Fsp3) is 0.357. The number of halogens is 2. The molecule has 0 spiro atoms. The zero-order valence-corrected chi connectivity index (χ0v) is 12.2. The number of nitrogens with one attached hydrogen (secondary N) is 1. The van der Waals surface area contributed by atoms with Gasteiger partial charge in [0, 0.05) is 35.5 Å². The number of aromatic nitrogens is 2. The quantitative estimate of drug-likeness (QED) is 0.791. The topological polar surface area (TPSA) is 29.9 Å². The lowest BCUT2D eigenvalue weighted by Gasteiger charge is -2.06. The van der Waals surface area contributed by atoms with Gasteiger partial charge in [-0.25, -0.2) is 9.37 Å². The van der Waals surface area contributed by atoms with Crippen molar-refractivity contribution in [2.24, 2.45) is 0 Å². The molecule has 1 aromatic carbocycles. The van der Waals surface area contributed by atoms with Crippen molar-refractivity contribution in [1.29, 1.82) is 0 Å². The Kier molecular flexibility index (Phi) is 5.54. The van der Waals surface area contributed by atoms with Gasteiger partial charge in [-0.15, -0.1) is 0 Å². The highest BCUT2D eigenvalue weighted by Gasteiger charge is 2.01. The van der Waals surface area contributed by atoms with Crippen molar-refractivity contribution >= 4 is 15.9 Å². The zero-order chi connectivity index (χ0) is 13.5. The van der Waals surface area contributed by atoms with Crippen molar-refractivity contribution < 1.29 is 4.39 Å². The van der Waals surface area contributed by atoms with Crippen LogP contribution in [0.3, 0.4) is 0 Å². The van der Waals surface area contributed by atoms with Crippen LogP contribution in [0.25, 0.3) is 0 Å². The Hall–Kier alpha value is -1.20. The number of aryl methyl sites for hydroxylation is 1.